The molecule has 0 aromatic heterocycles. The molecule has 2 amide bonds. The molecule has 0 radical (unpaired) electrons. The third-order valence-corrected chi connectivity index (χ3v) is 4.93. The van der Waals surface area contributed by atoms with E-state index in [0.717, 1.165) is 15.6 Å². The van der Waals surface area contributed by atoms with Crippen LogP contribution in [0.2, 0.25) is 0 Å². The highest BCUT2D eigenvalue weighted by molar-refractivity contribution is 9.10. The summed E-state index contributed by atoms with van der Waals surface area (Å²) in [5.41, 5.74) is 4.85. The smallest absolute Gasteiger partial charge is 0.329 e. The Morgan fingerprint density at radius 2 is 1.68 bits per heavy atom. The van der Waals surface area contributed by atoms with Gasteiger partial charge in [0.1, 0.15) is 12.4 Å². The minimum absolute atomic E-state index is 0.300. The van der Waals surface area contributed by atoms with Gasteiger partial charge in [-0.3, -0.25) is 9.59 Å². The molecule has 0 aliphatic rings. The number of benzene rings is 3. The molecule has 0 aliphatic carbocycles. The van der Waals surface area contributed by atoms with E-state index in [-0.39, 0.29) is 6.04 Å². The molecule has 0 aliphatic heterocycles. The van der Waals surface area contributed by atoms with Crippen LogP contribution in [0.4, 0.5) is 0 Å². The lowest BCUT2D eigenvalue weighted by Crippen LogP contribution is -2.39. The molecule has 6 nitrogen and oxygen atoms in total. The summed E-state index contributed by atoms with van der Waals surface area (Å²) < 4.78 is 6.72. The predicted octanol–water partition coefficient (Wildman–Crippen LogP) is 4.36. The zero-order valence-corrected chi connectivity index (χ0v) is 18.5. The summed E-state index contributed by atoms with van der Waals surface area (Å²) in [5.74, 6) is -1.00. The van der Waals surface area contributed by atoms with Crippen molar-refractivity contribution >= 4 is 34.0 Å². The van der Waals surface area contributed by atoms with Gasteiger partial charge >= 0.3 is 11.8 Å². The van der Waals surface area contributed by atoms with Gasteiger partial charge < -0.3 is 10.1 Å². The number of nitrogens with one attached hydrogen (secondary N) is 2. The van der Waals surface area contributed by atoms with Crippen molar-refractivity contribution in [2.75, 3.05) is 0 Å². The first-order valence-corrected chi connectivity index (χ1v) is 10.5. The summed E-state index contributed by atoms with van der Waals surface area (Å²) in [6.07, 6.45) is 1.44. The van der Waals surface area contributed by atoms with Crippen LogP contribution in [0.1, 0.15) is 29.7 Å². The summed E-state index contributed by atoms with van der Waals surface area (Å²) in [4.78, 5) is 24.2. The number of carbonyl (C=O) groups excluding carboxylic acids is 2. The molecule has 0 bridgehead atoms. The molecule has 2 N–H and O–H groups in total. The van der Waals surface area contributed by atoms with E-state index in [0.29, 0.717) is 17.9 Å². The first kappa shape index (κ1) is 22.2. The predicted molar refractivity (Wildman–Crippen MR) is 124 cm³/mol. The highest BCUT2D eigenvalue weighted by atomic mass is 79.9. The normalized spacial score (nSPS) is 11.7. The maximum absolute atomic E-state index is 12.1. The first-order valence-electron chi connectivity index (χ1n) is 9.68. The maximum Gasteiger partial charge on any atom is 0.329 e. The number of nitrogens with zero attached hydrogens (tertiary/aromatic N) is 1. The van der Waals surface area contributed by atoms with Gasteiger partial charge in [-0.05, 0) is 36.2 Å². The molecule has 158 valence electrons. The number of ether oxygens (including phenoxy) is 1. The van der Waals surface area contributed by atoms with E-state index in [1.54, 1.807) is 0 Å². The molecule has 3 rings (SSSR count). The van der Waals surface area contributed by atoms with Crippen molar-refractivity contribution in [2.24, 2.45) is 5.10 Å². The number of carbonyl (C=O) groups is 2. The second-order valence-electron chi connectivity index (χ2n) is 6.76. The van der Waals surface area contributed by atoms with Gasteiger partial charge in [-0.2, -0.15) is 5.10 Å². The number of hydrazone groups is 1. The van der Waals surface area contributed by atoms with Gasteiger partial charge in [0.05, 0.1) is 12.3 Å². The molecular weight excluding hydrogens is 458 g/mol. The second kappa shape index (κ2) is 11.1. The molecule has 0 fully saturated rings. The van der Waals surface area contributed by atoms with Gasteiger partial charge in [0.2, 0.25) is 0 Å². The lowest BCUT2D eigenvalue weighted by atomic mass is 10.1. The third kappa shape index (κ3) is 6.79. The Hall–Kier alpha value is -3.45. The van der Waals surface area contributed by atoms with Crippen LogP contribution in [0.5, 0.6) is 5.75 Å². The van der Waals surface area contributed by atoms with Crippen LogP contribution in [-0.4, -0.2) is 18.0 Å². The van der Waals surface area contributed by atoms with Crippen molar-refractivity contribution in [3.05, 3.63) is 100 Å². The number of amides is 2. The van der Waals surface area contributed by atoms with E-state index in [9.17, 15) is 9.59 Å². The Labute approximate surface area is 189 Å². The highest BCUT2D eigenvalue weighted by Gasteiger charge is 2.16. The number of halogens is 1. The third-order valence-electron chi connectivity index (χ3n) is 4.43. The Kier molecular flexibility index (Phi) is 7.95. The zero-order valence-electron chi connectivity index (χ0n) is 16.9. The second-order valence-corrected chi connectivity index (χ2v) is 7.68. The van der Waals surface area contributed by atoms with Crippen LogP contribution in [0, 0.1) is 0 Å². The van der Waals surface area contributed by atoms with E-state index in [2.05, 4.69) is 31.8 Å². The Bertz CT molecular complexity index is 1060. The van der Waals surface area contributed by atoms with Gasteiger partial charge in [0.15, 0.2) is 0 Å². The van der Waals surface area contributed by atoms with Crippen LogP contribution < -0.4 is 15.5 Å². The van der Waals surface area contributed by atoms with Crippen LogP contribution in [-0.2, 0) is 16.2 Å². The lowest BCUT2D eigenvalue weighted by Gasteiger charge is -2.13. The number of hydrogen-bond acceptors (Lipinski definition) is 4. The lowest BCUT2D eigenvalue weighted by molar-refractivity contribution is -0.139. The van der Waals surface area contributed by atoms with Crippen LogP contribution in [0.25, 0.3) is 0 Å². The van der Waals surface area contributed by atoms with E-state index in [1.165, 1.54) is 6.21 Å². The molecule has 0 unspecified atom stereocenters. The molecule has 31 heavy (non-hydrogen) atoms. The molecule has 0 saturated heterocycles. The van der Waals surface area contributed by atoms with Crippen molar-refractivity contribution in [3.8, 4) is 5.75 Å². The van der Waals surface area contributed by atoms with Gasteiger partial charge in [-0.1, -0.05) is 76.6 Å². The van der Waals surface area contributed by atoms with E-state index in [1.807, 2.05) is 85.8 Å². The van der Waals surface area contributed by atoms with E-state index < -0.39 is 11.8 Å². The molecule has 0 heterocycles. The summed E-state index contributed by atoms with van der Waals surface area (Å²) in [6.45, 7) is 2.21. The quantitative estimate of drug-likeness (QED) is 0.300. The van der Waals surface area contributed by atoms with Crippen LogP contribution in [0.3, 0.4) is 0 Å². The molecule has 3 aromatic carbocycles. The minimum Gasteiger partial charge on any atom is -0.488 e. The fourth-order valence-electron chi connectivity index (χ4n) is 2.79. The average molecular weight is 480 g/mol. The number of hydrogen-bond donors (Lipinski definition) is 2. The van der Waals surface area contributed by atoms with Crippen LogP contribution in [0.15, 0.2) is 88.4 Å². The molecule has 0 saturated carbocycles. The zero-order chi connectivity index (χ0) is 22.1. The maximum atomic E-state index is 12.1. The van der Waals surface area contributed by atoms with Crippen molar-refractivity contribution < 1.29 is 14.3 Å². The molecular formula is C24H22BrN3O3. The Morgan fingerprint density at radius 1 is 1.00 bits per heavy atom. The molecule has 1 atom stereocenters. The van der Waals surface area contributed by atoms with E-state index in [4.69, 9.17) is 4.74 Å². The van der Waals surface area contributed by atoms with Crippen LogP contribution >= 0.6 is 15.9 Å². The fourth-order valence-corrected chi connectivity index (χ4v) is 3.16. The SMILES string of the molecule is C[C@H](NC(=O)C(=O)N/N=C\c1cc(Br)ccc1OCc1ccccc1)c1ccccc1. The van der Waals surface area contributed by atoms with Gasteiger partial charge in [0, 0.05) is 10.0 Å². The molecule has 7 heteroatoms. The summed E-state index contributed by atoms with van der Waals surface area (Å²) in [6, 6.07) is 24.4. The van der Waals surface area contributed by atoms with Crippen molar-refractivity contribution in [2.45, 2.75) is 19.6 Å². The molecule has 0 spiro atoms. The van der Waals surface area contributed by atoms with E-state index >= 15 is 0 Å². The molecule has 3 aromatic rings. The summed E-state index contributed by atoms with van der Waals surface area (Å²) in [7, 11) is 0. The standard InChI is InChI=1S/C24H22BrN3O3/c1-17(19-10-6-3-7-11-19)27-23(29)24(30)28-26-15-20-14-21(25)12-13-22(20)31-16-18-8-4-2-5-9-18/h2-15,17H,16H2,1H3,(H,27,29)(H,28,30)/b26-15-/t17-/m0/s1. The van der Waals surface area contributed by atoms with Gasteiger partial charge in [-0.15, -0.1) is 0 Å². The van der Waals surface area contributed by atoms with Gasteiger partial charge in [-0.25, -0.2) is 5.43 Å². The van der Waals surface area contributed by atoms with Crippen molar-refractivity contribution in [3.63, 3.8) is 0 Å². The van der Waals surface area contributed by atoms with Crippen molar-refractivity contribution in [1.82, 2.24) is 10.7 Å². The average Bonchev–Trinajstić information content (AvgIpc) is 2.79. The largest absolute Gasteiger partial charge is 0.488 e. The highest BCUT2D eigenvalue weighted by Crippen LogP contribution is 2.22. The number of rotatable bonds is 7. The minimum atomic E-state index is -0.846. The monoisotopic (exact) mass is 479 g/mol. The fraction of sp³-hybridized carbons (Fsp3) is 0.125. The summed E-state index contributed by atoms with van der Waals surface area (Å²) in [5, 5.41) is 6.56. The first-order chi connectivity index (χ1) is 15.0. The Morgan fingerprint density at radius 3 is 2.39 bits per heavy atom. The summed E-state index contributed by atoms with van der Waals surface area (Å²) >= 11 is 3.42. The van der Waals surface area contributed by atoms with Gasteiger partial charge in [0.25, 0.3) is 0 Å². The Balaban J connectivity index is 1.58. The topological polar surface area (TPSA) is 79.8 Å². The van der Waals surface area contributed by atoms with Crippen molar-refractivity contribution in [1.29, 1.82) is 0 Å².